The Bertz CT molecular complexity index is 773. The molecule has 0 fully saturated rings. The number of hydrazone groups is 1. The van der Waals surface area contributed by atoms with E-state index in [-0.39, 0.29) is 0 Å². The Hall–Kier alpha value is -2.53. The van der Waals surface area contributed by atoms with Crippen LogP contribution in [0.5, 0.6) is 0 Å². The highest BCUT2D eigenvalue weighted by Gasteiger charge is 2.07. The fourth-order valence-electron chi connectivity index (χ4n) is 2.18. The third-order valence-electron chi connectivity index (χ3n) is 3.44. The summed E-state index contributed by atoms with van der Waals surface area (Å²) in [6, 6.07) is 20.0. The summed E-state index contributed by atoms with van der Waals surface area (Å²) in [5.41, 5.74) is 3.23. The van der Waals surface area contributed by atoms with Crippen LogP contribution in [0.15, 0.2) is 78.2 Å². The molecule has 0 aliphatic heterocycles. The summed E-state index contributed by atoms with van der Waals surface area (Å²) in [5.74, 6) is 0.800. The highest BCUT2D eigenvalue weighted by atomic mass is 79.9. The van der Waals surface area contributed by atoms with Crippen LogP contribution in [0.25, 0.3) is 0 Å². The number of anilines is 1. The maximum absolute atomic E-state index is 4.58. The standard InChI is InChI=1S/C19H17BrN4/c20-13-16-7-9-17(10-8-16)15-24(19-6-2-4-12-22-19)23-14-18-5-1-3-11-21-18/h1-12,14H,13,15H2/b23-14+. The summed E-state index contributed by atoms with van der Waals surface area (Å²) >= 11 is 3.47. The van der Waals surface area contributed by atoms with Crippen molar-refractivity contribution in [2.75, 3.05) is 5.01 Å². The van der Waals surface area contributed by atoms with Crippen molar-refractivity contribution < 1.29 is 0 Å². The van der Waals surface area contributed by atoms with E-state index in [4.69, 9.17) is 0 Å². The van der Waals surface area contributed by atoms with Gasteiger partial charge in [-0.15, -0.1) is 0 Å². The van der Waals surface area contributed by atoms with E-state index in [1.165, 1.54) is 11.1 Å². The van der Waals surface area contributed by atoms with Gasteiger partial charge in [0, 0.05) is 17.7 Å². The number of hydrogen-bond donors (Lipinski definition) is 0. The van der Waals surface area contributed by atoms with E-state index in [0.29, 0.717) is 6.54 Å². The number of rotatable bonds is 6. The van der Waals surface area contributed by atoms with Crippen LogP contribution in [0, 0.1) is 0 Å². The third-order valence-corrected chi connectivity index (χ3v) is 4.09. The molecule has 0 aliphatic carbocycles. The molecule has 0 spiro atoms. The largest absolute Gasteiger partial charge is 0.255 e. The van der Waals surface area contributed by atoms with Crippen LogP contribution in [0.1, 0.15) is 16.8 Å². The van der Waals surface area contributed by atoms with Gasteiger partial charge in [0.15, 0.2) is 0 Å². The number of hydrogen-bond acceptors (Lipinski definition) is 4. The Balaban J connectivity index is 1.83. The lowest BCUT2D eigenvalue weighted by atomic mass is 10.1. The predicted octanol–water partition coefficient (Wildman–Crippen LogP) is 4.41. The predicted molar refractivity (Wildman–Crippen MR) is 101 cm³/mol. The topological polar surface area (TPSA) is 41.4 Å². The number of nitrogens with zero attached hydrogens (tertiary/aromatic N) is 4. The molecular formula is C19H17BrN4. The van der Waals surface area contributed by atoms with Crippen molar-refractivity contribution in [1.29, 1.82) is 0 Å². The molecule has 4 nitrogen and oxygen atoms in total. The van der Waals surface area contributed by atoms with Crippen molar-refractivity contribution in [1.82, 2.24) is 9.97 Å². The van der Waals surface area contributed by atoms with Crippen molar-refractivity contribution in [2.24, 2.45) is 5.10 Å². The Kier molecular flexibility index (Phi) is 5.69. The fourth-order valence-corrected chi connectivity index (χ4v) is 2.55. The SMILES string of the molecule is BrCc1ccc(CN(/N=C/c2ccccn2)c2ccccn2)cc1. The van der Waals surface area contributed by atoms with Gasteiger partial charge in [0.1, 0.15) is 5.82 Å². The zero-order valence-corrected chi connectivity index (χ0v) is 14.7. The first-order valence-electron chi connectivity index (χ1n) is 7.62. The molecule has 0 N–H and O–H groups in total. The smallest absolute Gasteiger partial charge is 0.149 e. The second-order valence-electron chi connectivity index (χ2n) is 5.19. The zero-order valence-electron chi connectivity index (χ0n) is 13.1. The molecule has 120 valence electrons. The van der Waals surface area contributed by atoms with Gasteiger partial charge in [-0.05, 0) is 35.4 Å². The van der Waals surface area contributed by atoms with E-state index in [1.807, 2.05) is 41.4 Å². The summed E-state index contributed by atoms with van der Waals surface area (Å²) in [6.07, 6.45) is 5.28. The van der Waals surface area contributed by atoms with Crippen LogP contribution in [0.2, 0.25) is 0 Å². The first-order valence-corrected chi connectivity index (χ1v) is 8.74. The number of aromatic nitrogens is 2. The molecule has 24 heavy (non-hydrogen) atoms. The normalized spacial score (nSPS) is 10.9. The lowest BCUT2D eigenvalue weighted by Gasteiger charge is -2.18. The summed E-state index contributed by atoms with van der Waals surface area (Å²) < 4.78 is 0. The fraction of sp³-hybridized carbons (Fsp3) is 0.105. The highest BCUT2D eigenvalue weighted by Crippen LogP contribution is 2.16. The van der Waals surface area contributed by atoms with Crippen LogP contribution in [-0.4, -0.2) is 16.2 Å². The minimum atomic E-state index is 0.642. The molecule has 0 atom stereocenters. The second-order valence-corrected chi connectivity index (χ2v) is 5.76. The minimum Gasteiger partial charge on any atom is -0.255 e. The maximum atomic E-state index is 4.58. The molecule has 0 aliphatic rings. The Morgan fingerprint density at radius 2 is 1.58 bits per heavy atom. The molecule has 3 aromatic rings. The van der Waals surface area contributed by atoms with Crippen LogP contribution in [0.4, 0.5) is 5.82 Å². The first kappa shape index (κ1) is 16.3. The average Bonchev–Trinajstić information content (AvgIpc) is 2.67. The molecule has 1 aromatic carbocycles. The van der Waals surface area contributed by atoms with Gasteiger partial charge in [-0.1, -0.05) is 52.3 Å². The molecule has 0 saturated carbocycles. The van der Waals surface area contributed by atoms with Gasteiger partial charge in [0.05, 0.1) is 18.5 Å². The van der Waals surface area contributed by atoms with Gasteiger partial charge in [-0.25, -0.2) is 9.99 Å². The van der Waals surface area contributed by atoms with E-state index in [1.54, 1.807) is 18.6 Å². The number of alkyl halides is 1. The number of benzene rings is 1. The van der Waals surface area contributed by atoms with Crippen molar-refractivity contribution in [2.45, 2.75) is 11.9 Å². The van der Waals surface area contributed by atoms with Gasteiger partial charge in [-0.3, -0.25) is 4.98 Å². The Labute approximate surface area is 150 Å². The lowest BCUT2D eigenvalue weighted by Crippen LogP contribution is -2.17. The molecule has 0 saturated heterocycles. The van der Waals surface area contributed by atoms with Crippen molar-refractivity contribution >= 4 is 28.0 Å². The van der Waals surface area contributed by atoms with Gasteiger partial charge in [0.25, 0.3) is 0 Å². The minimum absolute atomic E-state index is 0.642. The first-order chi connectivity index (χ1) is 11.8. The average molecular weight is 381 g/mol. The summed E-state index contributed by atoms with van der Waals surface area (Å²) in [6.45, 7) is 0.642. The van der Waals surface area contributed by atoms with Crippen LogP contribution in [0.3, 0.4) is 0 Å². The van der Waals surface area contributed by atoms with Crippen LogP contribution >= 0.6 is 15.9 Å². The highest BCUT2D eigenvalue weighted by molar-refractivity contribution is 9.08. The van der Waals surface area contributed by atoms with Crippen molar-refractivity contribution in [3.05, 3.63) is 89.9 Å². The molecule has 0 unspecified atom stereocenters. The molecule has 0 amide bonds. The van der Waals surface area contributed by atoms with Crippen LogP contribution < -0.4 is 5.01 Å². The molecule has 0 radical (unpaired) electrons. The molecule has 2 aromatic heterocycles. The van der Waals surface area contributed by atoms with Gasteiger partial charge in [-0.2, -0.15) is 5.10 Å². The van der Waals surface area contributed by atoms with Gasteiger partial charge >= 0.3 is 0 Å². The van der Waals surface area contributed by atoms with E-state index >= 15 is 0 Å². The summed E-state index contributed by atoms with van der Waals surface area (Å²) in [7, 11) is 0. The lowest BCUT2D eigenvalue weighted by molar-refractivity contribution is 0.837. The van der Waals surface area contributed by atoms with Crippen LogP contribution in [-0.2, 0) is 11.9 Å². The number of halogens is 1. The zero-order chi connectivity index (χ0) is 16.6. The van der Waals surface area contributed by atoms with Gasteiger partial charge < -0.3 is 0 Å². The quantitative estimate of drug-likeness (QED) is 0.361. The molecular weight excluding hydrogens is 364 g/mol. The third kappa shape index (κ3) is 4.49. The molecule has 5 heteroatoms. The summed E-state index contributed by atoms with van der Waals surface area (Å²) in [5, 5.41) is 7.31. The van der Waals surface area contributed by atoms with Gasteiger partial charge in [0.2, 0.25) is 0 Å². The van der Waals surface area contributed by atoms with E-state index in [0.717, 1.165) is 16.8 Å². The monoisotopic (exact) mass is 380 g/mol. The van der Waals surface area contributed by atoms with Crippen molar-refractivity contribution in [3.63, 3.8) is 0 Å². The van der Waals surface area contributed by atoms with Crippen molar-refractivity contribution in [3.8, 4) is 0 Å². The number of pyridine rings is 2. The Morgan fingerprint density at radius 1 is 0.875 bits per heavy atom. The molecule has 2 heterocycles. The second kappa shape index (κ2) is 8.36. The Morgan fingerprint density at radius 3 is 2.21 bits per heavy atom. The maximum Gasteiger partial charge on any atom is 0.149 e. The van der Waals surface area contributed by atoms with E-state index in [9.17, 15) is 0 Å². The molecule has 0 bridgehead atoms. The molecule has 3 rings (SSSR count). The van der Waals surface area contributed by atoms with E-state index < -0.39 is 0 Å². The van der Waals surface area contributed by atoms with E-state index in [2.05, 4.69) is 55.3 Å². The summed E-state index contributed by atoms with van der Waals surface area (Å²) in [4.78, 5) is 8.68.